The van der Waals surface area contributed by atoms with Crippen LogP contribution in [0.15, 0.2) is 12.6 Å². The van der Waals surface area contributed by atoms with Crippen LogP contribution in [-0.2, 0) is 12.8 Å². The van der Waals surface area contributed by atoms with E-state index in [1.165, 1.54) is 28.9 Å². The van der Waals surface area contributed by atoms with E-state index in [0.29, 0.717) is 11.3 Å². The van der Waals surface area contributed by atoms with Crippen molar-refractivity contribution in [2.45, 2.75) is 33.1 Å². The van der Waals surface area contributed by atoms with Crippen LogP contribution in [-0.4, -0.2) is 5.88 Å². The standard InChI is InChI=1S/C13H17ClS/c1-9(4-5-14)11-6-10-7-13(2,3)8-12(10)15-11/h6H,1,4-5,7-8H2,2-3H3. The van der Waals surface area contributed by atoms with Gasteiger partial charge in [0.1, 0.15) is 0 Å². The summed E-state index contributed by atoms with van der Waals surface area (Å²) >= 11 is 7.64. The van der Waals surface area contributed by atoms with Crippen LogP contribution in [0.25, 0.3) is 5.57 Å². The Labute approximate surface area is 101 Å². The van der Waals surface area contributed by atoms with Gasteiger partial charge >= 0.3 is 0 Å². The Morgan fingerprint density at radius 3 is 2.87 bits per heavy atom. The summed E-state index contributed by atoms with van der Waals surface area (Å²) in [5.41, 5.74) is 3.20. The summed E-state index contributed by atoms with van der Waals surface area (Å²) in [5, 5.41) is 0. The maximum Gasteiger partial charge on any atom is 0.0302 e. The fourth-order valence-electron chi connectivity index (χ4n) is 2.19. The summed E-state index contributed by atoms with van der Waals surface area (Å²) in [6, 6.07) is 2.32. The van der Waals surface area contributed by atoms with Crippen molar-refractivity contribution in [3.63, 3.8) is 0 Å². The third-order valence-electron chi connectivity index (χ3n) is 2.95. The van der Waals surface area contributed by atoms with Crippen molar-refractivity contribution in [2.75, 3.05) is 5.88 Å². The van der Waals surface area contributed by atoms with E-state index in [4.69, 9.17) is 11.6 Å². The van der Waals surface area contributed by atoms with E-state index in [1.54, 1.807) is 4.88 Å². The lowest BCUT2D eigenvalue weighted by Gasteiger charge is -2.15. The molecule has 0 N–H and O–H groups in total. The number of fused-ring (bicyclic) bond motifs is 1. The summed E-state index contributed by atoms with van der Waals surface area (Å²) < 4.78 is 0. The third-order valence-corrected chi connectivity index (χ3v) is 4.42. The molecule has 1 aliphatic carbocycles. The number of thiophene rings is 1. The van der Waals surface area contributed by atoms with Gasteiger partial charge in [-0.1, -0.05) is 20.4 Å². The monoisotopic (exact) mass is 240 g/mol. The van der Waals surface area contributed by atoms with Crippen molar-refractivity contribution in [3.05, 3.63) is 28.0 Å². The van der Waals surface area contributed by atoms with E-state index in [1.807, 2.05) is 11.3 Å². The fourth-order valence-corrected chi connectivity index (χ4v) is 3.86. The van der Waals surface area contributed by atoms with Gasteiger partial charge in [-0.2, -0.15) is 0 Å². The topological polar surface area (TPSA) is 0 Å². The van der Waals surface area contributed by atoms with Crippen molar-refractivity contribution in [2.24, 2.45) is 5.41 Å². The molecule has 0 saturated heterocycles. The maximum absolute atomic E-state index is 5.73. The molecule has 1 aliphatic rings. The molecule has 82 valence electrons. The largest absolute Gasteiger partial charge is 0.140 e. The molecule has 0 aliphatic heterocycles. The van der Waals surface area contributed by atoms with Crippen LogP contribution in [0.4, 0.5) is 0 Å². The van der Waals surface area contributed by atoms with Crippen molar-refractivity contribution >= 4 is 28.5 Å². The molecule has 1 heterocycles. The minimum absolute atomic E-state index is 0.466. The van der Waals surface area contributed by atoms with Crippen LogP contribution in [0, 0.1) is 5.41 Å². The first kappa shape index (κ1) is 11.2. The zero-order valence-electron chi connectivity index (χ0n) is 9.40. The van der Waals surface area contributed by atoms with E-state index >= 15 is 0 Å². The molecule has 0 unspecified atom stereocenters. The Hall–Kier alpha value is -0.270. The Morgan fingerprint density at radius 2 is 2.27 bits per heavy atom. The molecule has 0 aromatic carbocycles. The normalized spacial score (nSPS) is 17.8. The number of rotatable bonds is 3. The smallest absolute Gasteiger partial charge is 0.0302 e. The first-order chi connectivity index (χ1) is 7.02. The number of hydrogen-bond acceptors (Lipinski definition) is 1. The maximum atomic E-state index is 5.73. The molecule has 1 aromatic rings. The minimum atomic E-state index is 0.466. The van der Waals surface area contributed by atoms with Gasteiger partial charge < -0.3 is 0 Å². The van der Waals surface area contributed by atoms with E-state index in [-0.39, 0.29) is 0 Å². The highest BCUT2D eigenvalue weighted by Gasteiger charge is 2.30. The molecule has 1 aromatic heterocycles. The zero-order valence-corrected chi connectivity index (χ0v) is 11.0. The van der Waals surface area contributed by atoms with Crippen LogP contribution >= 0.6 is 22.9 Å². The molecular weight excluding hydrogens is 224 g/mol. The molecule has 0 spiro atoms. The van der Waals surface area contributed by atoms with Crippen LogP contribution in [0.2, 0.25) is 0 Å². The van der Waals surface area contributed by atoms with E-state index in [0.717, 1.165) is 6.42 Å². The number of hydrogen-bond donors (Lipinski definition) is 0. The van der Waals surface area contributed by atoms with Crippen molar-refractivity contribution in [1.82, 2.24) is 0 Å². The van der Waals surface area contributed by atoms with Gasteiger partial charge in [0.05, 0.1) is 0 Å². The molecule has 0 nitrogen and oxygen atoms in total. The number of allylic oxidation sites excluding steroid dienone is 1. The molecule has 0 radical (unpaired) electrons. The fraction of sp³-hybridized carbons (Fsp3) is 0.538. The summed E-state index contributed by atoms with van der Waals surface area (Å²) in [4.78, 5) is 2.90. The van der Waals surface area contributed by atoms with Gasteiger partial charge in [0.15, 0.2) is 0 Å². The van der Waals surface area contributed by atoms with Crippen LogP contribution < -0.4 is 0 Å². The highest BCUT2D eigenvalue weighted by atomic mass is 35.5. The summed E-state index contributed by atoms with van der Waals surface area (Å²) in [5.74, 6) is 0.674. The van der Waals surface area contributed by atoms with Crippen LogP contribution in [0.3, 0.4) is 0 Å². The molecular formula is C13H17ClS. The lowest BCUT2D eigenvalue weighted by Crippen LogP contribution is -2.09. The van der Waals surface area contributed by atoms with Gasteiger partial charge in [-0.3, -0.25) is 0 Å². The summed E-state index contributed by atoms with van der Waals surface area (Å²) in [6.07, 6.45) is 3.35. The second kappa shape index (κ2) is 3.95. The van der Waals surface area contributed by atoms with Gasteiger partial charge in [-0.25, -0.2) is 0 Å². The average molecular weight is 241 g/mol. The molecule has 0 amide bonds. The molecule has 2 heteroatoms. The zero-order chi connectivity index (χ0) is 11.1. The summed E-state index contributed by atoms with van der Waals surface area (Å²) in [7, 11) is 0. The number of alkyl halides is 1. The van der Waals surface area contributed by atoms with Crippen molar-refractivity contribution < 1.29 is 0 Å². The molecule has 0 atom stereocenters. The second-order valence-electron chi connectivity index (χ2n) is 5.12. The summed E-state index contributed by atoms with van der Waals surface area (Å²) in [6.45, 7) is 8.77. The van der Waals surface area contributed by atoms with Gasteiger partial charge in [-0.15, -0.1) is 22.9 Å². The van der Waals surface area contributed by atoms with Gasteiger partial charge in [-0.05, 0) is 41.9 Å². The molecule has 15 heavy (non-hydrogen) atoms. The van der Waals surface area contributed by atoms with Gasteiger partial charge in [0.25, 0.3) is 0 Å². The lowest BCUT2D eigenvalue weighted by molar-refractivity contribution is 0.393. The predicted octanol–water partition coefficient (Wildman–Crippen LogP) is 4.52. The SMILES string of the molecule is C=C(CCCl)c1cc2c(s1)CC(C)(C)C2. The van der Waals surface area contributed by atoms with E-state index in [2.05, 4.69) is 26.5 Å². The lowest BCUT2D eigenvalue weighted by atomic mass is 9.90. The predicted molar refractivity (Wildman–Crippen MR) is 69.9 cm³/mol. The highest BCUT2D eigenvalue weighted by Crippen LogP contribution is 2.42. The molecule has 0 bridgehead atoms. The van der Waals surface area contributed by atoms with Crippen molar-refractivity contribution in [1.29, 1.82) is 0 Å². The Kier molecular flexibility index (Phi) is 2.96. The Bertz CT molecular complexity index is 362. The number of halogens is 1. The first-order valence-corrected chi connectivity index (χ1v) is 6.73. The minimum Gasteiger partial charge on any atom is -0.140 e. The second-order valence-corrected chi connectivity index (χ2v) is 6.63. The third kappa shape index (κ3) is 2.29. The molecule has 0 fully saturated rings. The quantitative estimate of drug-likeness (QED) is 0.682. The van der Waals surface area contributed by atoms with E-state index < -0.39 is 0 Å². The van der Waals surface area contributed by atoms with Crippen LogP contribution in [0.1, 0.15) is 35.6 Å². The Morgan fingerprint density at radius 1 is 1.53 bits per heavy atom. The highest BCUT2D eigenvalue weighted by molar-refractivity contribution is 7.13. The Balaban J connectivity index is 2.18. The molecule has 2 rings (SSSR count). The first-order valence-electron chi connectivity index (χ1n) is 5.37. The van der Waals surface area contributed by atoms with Gasteiger partial charge in [0.2, 0.25) is 0 Å². The molecule has 0 saturated carbocycles. The van der Waals surface area contributed by atoms with Crippen LogP contribution in [0.5, 0.6) is 0 Å². The average Bonchev–Trinajstić information content (AvgIpc) is 2.57. The van der Waals surface area contributed by atoms with Gasteiger partial charge in [0, 0.05) is 15.6 Å². The van der Waals surface area contributed by atoms with E-state index in [9.17, 15) is 0 Å². The van der Waals surface area contributed by atoms with Crippen molar-refractivity contribution in [3.8, 4) is 0 Å².